The van der Waals surface area contributed by atoms with Gasteiger partial charge in [0.1, 0.15) is 6.54 Å². The van der Waals surface area contributed by atoms with E-state index in [2.05, 4.69) is 17.6 Å². The zero-order valence-corrected chi connectivity index (χ0v) is 11.4. The molecule has 18 heavy (non-hydrogen) atoms. The molecule has 0 bridgehead atoms. The Balaban J connectivity index is 2.18. The van der Waals surface area contributed by atoms with Crippen LogP contribution in [0.5, 0.6) is 0 Å². The van der Waals surface area contributed by atoms with E-state index in [1.807, 2.05) is 0 Å². The summed E-state index contributed by atoms with van der Waals surface area (Å²) in [5.74, 6) is -0.406. The molecule has 1 fully saturated rings. The van der Waals surface area contributed by atoms with Crippen molar-refractivity contribution >= 4 is 12.0 Å². The molecule has 0 aromatic heterocycles. The van der Waals surface area contributed by atoms with Gasteiger partial charge in [0.05, 0.1) is 6.61 Å². The topological polar surface area (TPSA) is 67.4 Å². The Labute approximate surface area is 109 Å². The quantitative estimate of drug-likeness (QED) is 0.737. The summed E-state index contributed by atoms with van der Waals surface area (Å²) >= 11 is 0. The van der Waals surface area contributed by atoms with Gasteiger partial charge in [-0.2, -0.15) is 0 Å². The summed E-state index contributed by atoms with van der Waals surface area (Å²) in [5.41, 5.74) is 0.208. The molecular weight excluding hydrogens is 232 g/mol. The van der Waals surface area contributed by atoms with Gasteiger partial charge in [-0.25, -0.2) is 4.79 Å². The van der Waals surface area contributed by atoms with Crippen molar-refractivity contribution in [2.24, 2.45) is 5.41 Å². The van der Waals surface area contributed by atoms with Crippen molar-refractivity contribution in [3.05, 3.63) is 0 Å². The monoisotopic (exact) mass is 256 g/mol. The van der Waals surface area contributed by atoms with Crippen LogP contribution in [-0.4, -0.2) is 31.7 Å². The minimum absolute atomic E-state index is 0.0730. The number of ether oxygens (including phenoxy) is 1. The van der Waals surface area contributed by atoms with Gasteiger partial charge >= 0.3 is 12.0 Å². The molecule has 1 aliphatic carbocycles. The zero-order valence-electron chi connectivity index (χ0n) is 11.4. The lowest BCUT2D eigenvalue weighted by Gasteiger charge is -2.33. The van der Waals surface area contributed by atoms with Crippen molar-refractivity contribution in [3.8, 4) is 0 Å². The molecule has 0 aliphatic heterocycles. The molecule has 0 spiro atoms. The third-order valence-corrected chi connectivity index (χ3v) is 3.43. The minimum atomic E-state index is -0.406. The molecule has 1 saturated carbocycles. The summed E-state index contributed by atoms with van der Waals surface area (Å²) < 4.78 is 4.73. The number of nitrogens with one attached hydrogen (secondary N) is 2. The third kappa shape index (κ3) is 5.38. The van der Waals surface area contributed by atoms with Gasteiger partial charge in [0.15, 0.2) is 0 Å². The Morgan fingerprint density at radius 1 is 1.17 bits per heavy atom. The van der Waals surface area contributed by atoms with Gasteiger partial charge < -0.3 is 15.4 Å². The van der Waals surface area contributed by atoms with Gasteiger partial charge in [0.2, 0.25) is 0 Å². The van der Waals surface area contributed by atoms with E-state index >= 15 is 0 Å². The molecule has 0 heterocycles. The molecule has 1 aliphatic rings. The fourth-order valence-electron chi connectivity index (χ4n) is 2.30. The predicted molar refractivity (Wildman–Crippen MR) is 69.2 cm³/mol. The van der Waals surface area contributed by atoms with E-state index < -0.39 is 5.97 Å². The van der Waals surface area contributed by atoms with Crippen LogP contribution in [0.25, 0.3) is 0 Å². The number of esters is 1. The molecule has 2 amide bonds. The van der Waals surface area contributed by atoms with Gasteiger partial charge in [-0.1, -0.05) is 26.2 Å². The Hall–Kier alpha value is -1.26. The van der Waals surface area contributed by atoms with E-state index in [4.69, 9.17) is 4.74 Å². The Morgan fingerprint density at radius 3 is 2.44 bits per heavy atom. The van der Waals surface area contributed by atoms with Gasteiger partial charge in [-0.15, -0.1) is 0 Å². The highest BCUT2D eigenvalue weighted by atomic mass is 16.5. The summed E-state index contributed by atoms with van der Waals surface area (Å²) in [7, 11) is 0. The van der Waals surface area contributed by atoms with Crippen LogP contribution in [0.2, 0.25) is 0 Å². The van der Waals surface area contributed by atoms with Gasteiger partial charge in [0.25, 0.3) is 0 Å². The Bertz CT molecular complexity index is 286. The second-order valence-corrected chi connectivity index (χ2v) is 5.21. The number of amides is 2. The lowest BCUT2D eigenvalue weighted by Crippen LogP contribution is -2.44. The molecule has 104 valence electrons. The Morgan fingerprint density at radius 2 is 1.83 bits per heavy atom. The molecule has 0 atom stereocenters. The SMILES string of the molecule is CCOC(=O)CNC(=O)NCC1(C)CCCCC1. The summed E-state index contributed by atoms with van der Waals surface area (Å²) in [4.78, 5) is 22.6. The molecule has 5 nitrogen and oxygen atoms in total. The van der Waals surface area contributed by atoms with Crippen molar-refractivity contribution in [3.63, 3.8) is 0 Å². The van der Waals surface area contributed by atoms with Crippen LogP contribution >= 0.6 is 0 Å². The Kier molecular flexibility index (Phi) is 5.95. The van der Waals surface area contributed by atoms with Gasteiger partial charge in [-0.05, 0) is 25.2 Å². The van der Waals surface area contributed by atoms with Crippen molar-refractivity contribution in [2.75, 3.05) is 19.7 Å². The van der Waals surface area contributed by atoms with Crippen molar-refractivity contribution < 1.29 is 14.3 Å². The van der Waals surface area contributed by atoms with E-state index in [9.17, 15) is 9.59 Å². The summed E-state index contributed by atoms with van der Waals surface area (Å²) in [6.45, 7) is 4.87. The maximum atomic E-state index is 11.5. The maximum Gasteiger partial charge on any atom is 0.325 e. The first-order valence-electron chi connectivity index (χ1n) is 6.73. The number of carbonyl (C=O) groups excluding carboxylic acids is 2. The van der Waals surface area contributed by atoms with Crippen LogP contribution in [-0.2, 0) is 9.53 Å². The smallest absolute Gasteiger partial charge is 0.325 e. The fraction of sp³-hybridized carbons (Fsp3) is 0.846. The van der Waals surface area contributed by atoms with Crippen LogP contribution in [0.15, 0.2) is 0 Å². The van der Waals surface area contributed by atoms with Crippen molar-refractivity contribution in [1.29, 1.82) is 0 Å². The van der Waals surface area contributed by atoms with Crippen LogP contribution in [0, 0.1) is 5.41 Å². The number of hydrogen-bond donors (Lipinski definition) is 2. The standard InChI is InChI=1S/C13H24N2O3/c1-3-18-11(16)9-14-12(17)15-10-13(2)7-5-4-6-8-13/h3-10H2,1-2H3,(H2,14,15,17). The van der Waals surface area contributed by atoms with E-state index in [0.717, 1.165) is 12.8 Å². The highest BCUT2D eigenvalue weighted by molar-refractivity contribution is 5.80. The van der Waals surface area contributed by atoms with E-state index in [0.29, 0.717) is 13.2 Å². The number of carbonyl (C=O) groups is 2. The highest BCUT2D eigenvalue weighted by Crippen LogP contribution is 2.34. The highest BCUT2D eigenvalue weighted by Gasteiger charge is 2.27. The molecule has 0 radical (unpaired) electrons. The molecule has 0 aromatic carbocycles. The molecule has 1 rings (SSSR count). The minimum Gasteiger partial charge on any atom is -0.465 e. The molecule has 0 aromatic rings. The van der Waals surface area contributed by atoms with Crippen LogP contribution < -0.4 is 10.6 Å². The average Bonchev–Trinajstić information content (AvgIpc) is 2.35. The summed E-state index contributed by atoms with van der Waals surface area (Å²) in [6.07, 6.45) is 6.09. The second kappa shape index (κ2) is 7.24. The van der Waals surface area contributed by atoms with Gasteiger partial charge in [-0.3, -0.25) is 4.79 Å². The first kappa shape index (κ1) is 14.8. The fourth-order valence-corrected chi connectivity index (χ4v) is 2.30. The first-order valence-corrected chi connectivity index (χ1v) is 6.73. The maximum absolute atomic E-state index is 11.5. The predicted octanol–water partition coefficient (Wildman–Crippen LogP) is 1.82. The first-order chi connectivity index (χ1) is 8.56. The summed E-state index contributed by atoms with van der Waals surface area (Å²) in [5, 5.41) is 5.33. The molecule has 5 heteroatoms. The lowest BCUT2D eigenvalue weighted by molar-refractivity contribution is -0.141. The van der Waals surface area contributed by atoms with Gasteiger partial charge in [0, 0.05) is 6.54 Å². The van der Waals surface area contributed by atoms with Crippen molar-refractivity contribution in [2.45, 2.75) is 46.0 Å². The molecular formula is C13H24N2O3. The van der Waals surface area contributed by atoms with Crippen LogP contribution in [0.1, 0.15) is 46.0 Å². The van der Waals surface area contributed by atoms with E-state index in [-0.39, 0.29) is 18.0 Å². The number of rotatable bonds is 5. The average molecular weight is 256 g/mol. The zero-order chi connectivity index (χ0) is 13.4. The molecule has 2 N–H and O–H groups in total. The van der Waals surface area contributed by atoms with Crippen LogP contribution in [0.3, 0.4) is 0 Å². The van der Waals surface area contributed by atoms with Crippen molar-refractivity contribution in [1.82, 2.24) is 10.6 Å². The normalized spacial score (nSPS) is 17.9. The van der Waals surface area contributed by atoms with E-state index in [1.165, 1.54) is 19.3 Å². The molecule has 0 unspecified atom stereocenters. The number of urea groups is 1. The second-order valence-electron chi connectivity index (χ2n) is 5.21. The number of hydrogen-bond acceptors (Lipinski definition) is 3. The molecule has 0 saturated heterocycles. The van der Waals surface area contributed by atoms with E-state index in [1.54, 1.807) is 6.92 Å². The lowest BCUT2D eigenvalue weighted by atomic mass is 9.76. The van der Waals surface area contributed by atoms with Crippen LogP contribution in [0.4, 0.5) is 4.79 Å². The largest absolute Gasteiger partial charge is 0.465 e. The summed E-state index contributed by atoms with van der Waals surface area (Å²) in [6, 6.07) is -0.296. The third-order valence-electron chi connectivity index (χ3n) is 3.43.